The predicted octanol–water partition coefficient (Wildman–Crippen LogP) is 4.12. The van der Waals surface area contributed by atoms with Gasteiger partial charge >= 0.3 is 0 Å². The molecular weight excluding hydrogens is 525 g/mol. The second-order valence-electron chi connectivity index (χ2n) is 8.21. The molecule has 0 atom stereocenters. The number of hydrogen-bond acceptors (Lipinski definition) is 4. The van der Waals surface area contributed by atoms with Crippen LogP contribution in [0, 0.1) is 20.8 Å². The van der Waals surface area contributed by atoms with E-state index in [2.05, 4.69) is 89.1 Å². The Hall–Kier alpha value is -2.62. The van der Waals surface area contributed by atoms with Gasteiger partial charge in [-0.2, -0.15) is 0 Å². The third-order valence-electron chi connectivity index (χ3n) is 5.66. The molecule has 0 spiro atoms. The Morgan fingerprint density at radius 1 is 1.03 bits per heavy atom. The molecule has 8 heteroatoms. The number of nitrogens with zero attached hydrogens (tertiary/aromatic N) is 5. The second kappa shape index (κ2) is 13.2. The summed E-state index contributed by atoms with van der Waals surface area (Å²) in [6.45, 7) is 9.19. The van der Waals surface area contributed by atoms with Crippen molar-refractivity contribution >= 4 is 35.6 Å². The number of aryl methyl sites for hydroxylation is 3. The van der Waals surface area contributed by atoms with Crippen LogP contribution in [0.25, 0.3) is 0 Å². The van der Waals surface area contributed by atoms with Gasteiger partial charge in [-0.05, 0) is 50.5 Å². The van der Waals surface area contributed by atoms with E-state index >= 15 is 0 Å². The van der Waals surface area contributed by atoms with Crippen LogP contribution in [-0.4, -0.2) is 40.9 Å². The molecule has 3 aromatic rings. The lowest BCUT2D eigenvalue weighted by Gasteiger charge is -2.20. The molecule has 7 nitrogen and oxygen atoms in total. The van der Waals surface area contributed by atoms with Crippen LogP contribution in [-0.2, 0) is 20.1 Å². The quantitative estimate of drug-likeness (QED) is 0.178. The monoisotopic (exact) mass is 561 g/mol. The van der Waals surface area contributed by atoms with E-state index < -0.39 is 0 Å². The first-order valence-corrected chi connectivity index (χ1v) is 11.1. The van der Waals surface area contributed by atoms with Crippen molar-refractivity contribution in [3.05, 3.63) is 76.9 Å². The number of anilines is 1. The number of aliphatic imine (C=N–C) groups is 1. The lowest BCUT2D eigenvalue weighted by atomic mass is 10.1. The number of hydrogen-bond donors (Lipinski definition) is 2. The van der Waals surface area contributed by atoms with E-state index in [1.165, 1.54) is 22.4 Å². The fourth-order valence-corrected chi connectivity index (χ4v) is 3.46. The van der Waals surface area contributed by atoms with Gasteiger partial charge in [0.25, 0.3) is 0 Å². The molecule has 0 radical (unpaired) electrons. The fourth-order valence-electron chi connectivity index (χ4n) is 3.46. The summed E-state index contributed by atoms with van der Waals surface area (Å²) in [6, 6.07) is 16.9. The van der Waals surface area contributed by atoms with E-state index in [1.54, 1.807) is 0 Å². The predicted molar refractivity (Wildman–Crippen MR) is 147 cm³/mol. The van der Waals surface area contributed by atoms with E-state index in [0.717, 1.165) is 37.1 Å². The summed E-state index contributed by atoms with van der Waals surface area (Å²) in [5.74, 6) is 2.56. The summed E-state index contributed by atoms with van der Waals surface area (Å²) in [6.07, 6.45) is 0.999. The Bertz CT molecular complexity index is 1030. The van der Waals surface area contributed by atoms with Crippen LogP contribution in [0.4, 0.5) is 5.69 Å². The van der Waals surface area contributed by atoms with Gasteiger partial charge in [-0.25, -0.2) is 4.99 Å². The normalized spacial score (nSPS) is 11.1. The molecular formula is C25H36IN7. The first-order valence-electron chi connectivity index (χ1n) is 11.1. The number of guanidine groups is 1. The molecule has 0 fully saturated rings. The van der Waals surface area contributed by atoms with Gasteiger partial charge in [0.05, 0.1) is 13.1 Å². The zero-order valence-corrected chi connectivity index (χ0v) is 22.6. The summed E-state index contributed by atoms with van der Waals surface area (Å²) in [7, 11) is 4.10. The zero-order chi connectivity index (χ0) is 22.9. The highest BCUT2D eigenvalue weighted by atomic mass is 127. The molecule has 0 aliphatic heterocycles. The molecule has 0 unspecified atom stereocenters. The van der Waals surface area contributed by atoms with Crippen molar-refractivity contribution in [2.75, 3.05) is 25.0 Å². The lowest BCUT2D eigenvalue weighted by molar-refractivity contribution is 0.697. The molecule has 0 bridgehead atoms. The van der Waals surface area contributed by atoms with Crippen molar-refractivity contribution in [3.63, 3.8) is 0 Å². The van der Waals surface area contributed by atoms with Crippen molar-refractivity contribution in [2.24, 2.45) is 12.0 Å². The van der Waals surface area contributed by atoms with Crippen molar-refractivity contribution < 1.29 is 0 Å². The summed E-state index contributed by atoms with van der Waals surface area (Å²) in [4.78, 5) is 7.10. The summed E-state index contributed by atoms with van der Waals surface area (Å²) in [5, 5.41) is 15.3. The average molecular weight is 562 g/mol. The Morgan fingerprint density at radius 2 is 1.79 bits per heavy atom. The number of para-hydroxylation sites is 1. The molecule has 1 heterocycles. The van der Waals surface area contributed by atoms with Gasteiger partial charge in [0.15, 0.2) is 11.8 Å². The van der Waals surface area contributed by atoms with Gasteiger partial charge in [0.1, 0.15) is 5.82 Å². The van der Waals surface area contributed by atoms with E-state index in [9.17, 15) is 0 Å². The van der Waals surface area contributed by atoms with Crippen molar-refractivity contribution in [3.8, 4) is 0 Å². The van der Waals surface area contributed by atoms with Crippen LogP contribution in [0.5, 0.6) is 0 Å². The highest BCUT2D eigenvalue weighted by molar-refractivity contribution is 14.0. The lowest BCUT2D eigenvalue weighted by Crippen LogP contribution is -2.39. The third kappa shape index (κ3) is 8.03. The number of halogens is 1. The zero-order valence-electron chi connectivity index (χ0n) is 20.3. The largest absolute Gasteiger partial charge is 0.375 e. The minimum Gasteiger partial charge on any atom is -0.375 e. The molecule has 0 aliphatic carbocycles. The van der Waals surface area contributed by atoms with Gasteiger partial charge in [-0.3, -0.25) is 0 Å². The van der Waals surface area contributed by atoms with E-state index in [1.807, 2.05) is 24.6 Å². The van der Waals surface area contributed by atoms with Crippen LogP contribution >= 0.6 is 24.0 Å². The standard InChI is InChI=1S/C25H35N7.HI/c1-19-12-13-22(20(2)16-19)17-27-25(28-18-24-30-29-21(3)32(24)5)26-14-9-15-31(4)23-10-7-6-8-11-23;/h6-8,10-13,16H,9,14-15,17-18H2,1-5H3,(H2,26,27,28);1H. The minimum absolute atomic E-state index is 0. The van der Waals surface area contributed by atoms with Gasteiger partial charge in [-0.1, -0.05) is 42.0 Å². The summed E-state index contributed by atoms with van der Waals surface area (Å²) >= 11 is 0. The highest BCUT2D eigenvalue weighted by Crippen LogP contribution is 2.12. The Kier molecular flexibility index (Phi) is 10.6. The van der Waals surface area contributed by atoms with Crippen molar-refractivity contribution in [1.82, 2.24) is 25.4 Å². The van der Waals surface area contributed by atoms with Gasteiger partial charge in [0, 0.05) is 32.9 Å². The summed E-state index contributed by atoms with van der Waals surface area (Å²) < 4.78 is 1.99. The number of aromatic nitrogens is 3. The molecule has 0 saturated carbocycles. The van der Waals surface area contributed by atoms with Crippen LogP contribution in [0.3, 0.4) is 0 Å². The first kappa shape index (κ1) is 26.6. The Morgan fingerprint density at radius 3 is 2.45 bits per heavy atom. The minimum atomic E-state index is 0. The van der Waals surface area contributed by atoms with Gasteiger partial charge < -0.3 is 20.1 Å². The van der Waals surface area contributed by atoms with Crippen LogP contribution in [0.2, 0.25) is 0 Å². The number of nitrogens with one attached hydrogen (secondary N) is 2. The highest BCUT2D eigenvalue weighted by Gasteiger charge is 2.07. The SMILES string of the molecule is Cc1ccc(CN=C(NCCCN(C)c2ccccc2)NCc2nnc(C)n2C)c(C)c1.I. The van der Waals surface area contributed by atoms with Gasteiger partial charge in [-0.15, -0.1) is 34.2 Å². The molecule has 0 amide bonds. The van der Waals surface area contributed by atoms with Crippen LogP contribution < -0.4 is 15.5 Å². The average Bonchev–Trinajstić information content (AvgIpc) is 3.11. The van der Waals surface area contributed by atoms with E-state index in [4.69, 9.17) is 4.99 Å². The first-order chi connectivity index (χ1) is 15.4. The second-order valence-corrected chi connectivity index (χ2v) is 8.21. The Balaban J connectivity index is 0.00000385. The molecule has 178 valence electrons. The smallest absolute Gasteiger partial charge is 0.191 e. The van der Waals surface area contributed by atoms with Gasteiger partial charge in [0.2, 0.25) is 0 Å². The molecule has 33 heavy (non-hydrogen) atoms. The maximum atomic E-state index is 4.83. The van der Waals surface area contributed by atoms with Crippen molar-refractivity contribution in [1.29, 1.82) is 0 Å². The van der Waals surface area contributed by atoms with Crippen molar-refractivity contribution in [2.45, 2.75) is 40.3 Å². The third-order valence-corrected chi connectivity index (χ3v) is 5.66. The van der Waals surface area contributed by atoms with Crippen LogP contribution in [0.1, 0.15) is 34.8 Å². The molecule has 0 aliphatic rings. The summed E-state index contributed by atoms with van der Waals surface area (Å²) in [5.41, 5.74) is 5.00. The van der Waals surface area contributed by atoms with Crippen LogP contribution in [0.15, 0.2) is 53.5 Å². The molecule has 2 N–H and O–H groups in total. The Labute approximate surface area is 214 Å². The molecule has 0 saturated heterocycles. The van der Waals surface area contributed by atoms with E-state index in [0.29, 0.717) is 13.1 Å². The van der Waals surface area contributed by atoms with E-state index in [-0.39, 0.29) is 24.0 Å². The number of rotatable bonds is 9. The molecule has 3 rings (SSSR count). The fraction of sp³-hybridized carbons (Fsp3) is 0.400. The topological polar surface area (TPSA) is 70.4 Å². The maximum absolute atomic E-state index is 4.83. The molecule has 2 aromatic carbocycles. The molecule has 1 aromatic heterocycles. The maximum Gasteiger partial charge on any atom is 0.191 e. The number of benzene rings is 2.